The van der Waals surface area contributed by atoms with E-state index in [0.717, 1.165) is 10.7 Å². The Morgan fingerprint density at radius 1 is 1.64 bits per heavy atom. The van der Waals surface area contributed by atoms with Crippen molar-refractivity contribution in [3.05, 3.63) is 0 Å². The number of hydrogen-bond donors (Lipinski definition) is 1. The summed E-state index contributed by atoms with van der Waals surface area (Å²) in [7, 11) is -3.57. The van der Waals surface area contributed by atoms with Gasteiger partial charge in [-0.25, -0.2) is 5.14 Å². The Hall–Kier alpha value is -0.570. The maximum absolute atomic E-state index is 10.8. The van der Waals surface area contributed by atoms with Gasteiger partial charge in [0.2, 0.25) is 0 Å². The van der Waals surface area contributed by atoms with Crippen LogP contribution in [-0.2, 0) is 10.2 Å². The van der Waals surface area contributed by atoms with E-state index < -0.39 is 10.2 Å². The molecule has 0 aliphatic carbocycles. The topological polar surface area (TPSA) is 63.4 Å². The summed E-state index contributed by atoms with van der Waals surface area (Å²) in [6, 6.07) is -0.329. The minimum atomic E-state index is -3.57. The fourth-order valence-electron chi connectivity index (χ4n) is 1.21. The van der Waals surface area contributed by atoms with Gasteiger partial charge in [0.1, 0.15) is 0 Å². The monoisotopic (exact) mass is 174 g/mol. The lowest BCUT2D eigenvalue weighted by molar-refractivity contribution is 0.441. The van der Waals surface area contributed by atoms with Crippen LogP contribution in [0, 0.1) is 12.3 Å². The van der Waals surface area contributed by atoms with Gasteiger partial charge in [-0.05, 0) is 12.8 Å². The van der Waals surface area contributed by atoms with E-state index in [1.54, 1.807) is 0 Å². The van der Waals surface area contributed by atoms with E-state index in [1.165, 1.54) is 0 Å². The molecule has 11 heavy (non-hydrogen) atoms. The summed E-state index contributed by atoms with van der Waals surface area (Å²) in [6.07, 6.45) is 6.62. The maximum atomic E-state index is 10.8. The maximum Gasteiger partial charge on any atom is 0.278 e. The highest BCUT2D eigenvalue weighted by Crippen LogP contribution is 2.17. The molecule has 0 saturated carbocycles. The van der Waals surface area contributed by atoms with Gasteiger partial charge in [0.25, 0.3) is 10.2 Å². The molecular weight excluding hydrogens is 164 g/mol. The van der Waals surface area contributed by atoms with Crippen molar-refractivity contribution >= 4 is 10.2 Å². The first-order valence-corrected chi connectivity index (χ1v) is 4.81. The number of nitrogens with zero attached hydrogens (tertiary/aromatic N) is 1. The van der Waals surface area contributed by atoms with Gasteiger partial charge in [-0.3, -0.25) is 0 Å². The Morgan fingerprint density at radius 3 is 2.64 bits per heavy atom. The number of hydrogen-bond acceptors (Lipinski definition) is 2. The normalized spacial score (nSPS) is 26.7. The summed E-state index contributed by atoms with van der Waals surface area (Å²) >= 11 is 0. The Bertz CT molecular complexity index is 277. The summed E-state index contributed by atoms with van der Waals surface area (Å²) in [6.45, 7) is 0.452. The first kappa shape index (κ1) is 8.53. The van der Waals surface area contributed by atoms with Crippen LogP contribution in [0.1, 0.15) is 12.8 Å². The van der Waals surface area contributed by atoms with Crippen molar-refractivity contribution in [2.24, 2.45) is 5.14 Å². The second kappa shape index (κ2) is 2.81. The molecule has 62 valence electrons. The van der Waals surface area contributed by atoms with Gasteiger partial charge in [0, 0.05) is 6.54 Å². The lowest BCUT2D eigenvalue weighted by atomic mass is 10.2. The largest absolute Gasteiger partial charge is 0.278 e. The third-order valence-electron chi connectivity index (χ3n) is 1.72. The van der Waals surface area contributed by atoms with Crippen LogP contribution >= 0.6 is 0 Å². The van der Waals surface area contributed by atoms with Crippen LogP contribution < -0.4 is 5.14 Å². The fourth-order valence-corrected chi connectivity index (χ4v) is 2.12. The zero-order valence-electron chi connectivity index (χ0n) is 6.03. The molecule has 1 fully saturated rings. The molecule has 0 aromatic carbocycles. The van der Waals surface area contributed by atoms with E-state index >= 15 is 0 Å². The smallest absolute Gasteiger partial charge is 0.216 e. The average molecular weight is 174 g/mol. The van der Waals surface area contributed by atoms with E-state index in [9.17, 15) is 8.42 Å². The summed E-state index contributed by atoms with van der Waals surface area (Å²) in [5, 5.41) is 4.91. The molecule has 0 amide bonds. The quantitative estimate of drug-likeness (QED) is 0.534. The molecule has 1 aliphatic rings. The molecule has 0 aromatic rings. The standard InChI is InChI=1S/C6H10N2O2S/c1-2-6-4-3-5-8(6)11(7,9)10/h1,6H,3-5H2,(H2,7,9,10)/t6-/m1/s1. The van der Waals surface area contributed by atoms with Crippen LogP contribution in [0.2, 0.25) is 0 Å². The summed E-state index contributed by atoms with van der Waals surface area (Å²) in [5.74, 6) is 2.39. The highest BCUT2D eigenvalue weighted by atomic mass is 32.2. The predicted molar refractivity (Wildman–Crippen MR) is 41.7 cm³/mol. The van der Waals surface area contributed by atoms with Gasteiger partial charge >= 0.3 is 0 Å². The molecule has 1 atom stereocenters. The molecule has 0 aromatic heterocycles. The first-order chi connectivity index (χ1) is 5.05. The predicted octanol–water partition coefficient (Wildman–Crippen LogP) is -0.713. The zero-order chi connectivity index (χ0) is 8.48. The molecular formula is C6H10N2O2S. The van der Waals surface area contributed by atoms with E-state index in [0.29, 0.717) is 13.0 Å². The van der Waals surface area contributed by atoms with Crippen molar-refractivity contribution in [3.8, 4) is 12.3 Å². The van der Waals surface area contributed by atoms with Crippen LogP contribution in [0.5, 0.6) is 0 Å². The van der Waals surface area contributed by atoms with Crippen LogP contribution in [-0.4, -0.2) is 25.3 Å². The van der Waals surface area contributed by atoms with Gasteiger partial charge in [-0.15, -0.1) is 6.42 Å². The van der Waals surface area contributed by atoms with Gasteiger partial charge in [-0.1, -0.05) is 5.92 Å². The zero-order valence-corrected chi connectivity index (χ0v) is 6.84. The summed E-state index contributed by atoms with van der Waals surface area (Å²) in [5.41, 5.74) is 0. The SMILES string of the molecule is C#C[C@@H]1CCCN1S(N)(=O)=O. The first-order valence-electron chi connectivity index (χ1n) is 3.31. The van der Waals surface area contributed by atoms with Crippen LogP contribution in [0.4, 0.5) is 0 Å². The van der Waals surface area contributed by atoms with Gasteiger partial charge in [0.15, 0.2) is 0 Å². The second-order valence-corrected chi connectivity index (χ2v) is 3.98. The van der Waals surface area contributed by atoms with Crippen molar-refractivity contribution in [2.75, 3.05) is 6.54 Å². The van der Waals surface area contributed by atoms with E-state index in [1.807, 2.05) is 0 Å². The number of rotatable bonds is 1. The third kappa shape index (κ3) is 1.71. The van der Waals surface area contributed by atoms with Crippen LogP contribution in [0.15, 0.2) is 0 Å². The lowest BCUT2D eigenvalue weighted by Gasteiger charge is -2.15. The van der Waals surface area contributed by atoms with E-state index in [-0.39, 0.29) is 6.04 Å². The molecule has 2 N–H and O–H groups in total. The van der Waals surface area contributed by atoms with Crippen LogP contribution in [0.25, 0.3) is 0 Å². The number of nitrogens with two attached hydrogens (primary N) is 1. The van der Waals surface area contributed by atoms with Gasteiger partial charge < -0.3 is 0 Å². The van der Waals surface area contributed by atoms with Gasteiger partial charge in [-0.2, -0.15) is 12.7 Å². The molecule has 5 heteroatoms. The van der Waals surface area contributed by atoms with E-state index in [4.69, 9.17) is 11.6 Å². The van der Waals surface area contributed by atoms with Gasteiger partial charge in [0.05, 0.1) is 6.04 Å². The molecule has 0 unspecified atom stereocenters. The highest BCUT2D eigenvalue weighted by Gasteiger charge is 2.30. The summed E-state index contributed by atoms with van der Waals surface area (Å²) < 4.78 is 22.8. The number of terminal acetylenes is 1. The van der Waals surface area contributed by atoms with Crippen molar-refractivity contribution in [1.29, 1.82) is 0 Å². The van der Waals surface area contributed by atoms with Crippen molar-refractivity contribution in [1.82, 2.24) is 4.31 Å². The van der Waals surface area contributed by atoms with Crippen molar-refractivity contribution in [2.45, 2.75) is 18.9 Å². The van der Waals surface area contributed by atoms with E-state index in [2.05, 4.69) is 5.92 Å². The molecule has 1 aliphatic heterocycles. The average Bonchev–Trinajstić information content (AvgIpc) is 2.31. The molecule has 1 heterocycles. The second-order valence-electron chi connectivity index (χ2n) is 2.48. The molecule has 1 saturated heterocycles. The Morgan fingerprint density at radius 2 is 2.27 bits per heavy atom. The minimum Gasteiger partial charge on any atom is -0.216 e. The molecule has 0 spiro atoms. The third-order valence-corrected chi connectivity index (χ3v) is 2.81. The van der Waals surface area contributed by atoms with Crippen LogP contribution in [0.3, 0.4) is 0 Å². The molecule has 0 bridgehead atoms. The van der Waals surface area contributed by atoms with Crippen molar-refractivity contribution in [3.63, 3.8) is 0 Å². The lowest BCUT2D eigenvalue weighted by Crippen LogP contribution is -2.39. The molecule has 0 radical (unpaired) electrons. The Kier molecular flexibility index (Phi) is 2.18. The molecule has 4 nitrogen and oxygen atoms in total. The van der Waals surface area contributed by atoms with Crippen molar-refractivity contribution < 1.29 is 8.42 Å². The Balaban J connectivity index is 2.83. The molecule has 1 rings (SSSR count). The Labute approximate surface area is 66.6 Å². The fraction of sp³-hybridized carbons (Fsp3) is 0.667. The minimum absolute atomic E-state index is 0.329. The summed E-state index contributed by atoms with van der Waals surface area (Å²) in [4.78, 5) is 0. The highest BCUT2D eigenvalue weighted by molar-refractivity contribution is 7.86.